The van der Waals surface area contributed by atoms with Crippen molar-refractivity contribution in [1.82, 2.24) is 10.2 Å². The van der Waals surface area contributed by atoms with Crippen molar-refractivity contribution in [2.45, 2.75) is 38.3 Å². The SMILES string of the molecule is CC1Cc2ccccc2C1N1C(=O)NC(CC2CCOC2)C1=O. The van der Waals surface area contributed by atoms with E-state index in [-0.39, 0.29) is 23.9 Å². The summed E-state index contributed by atoms with van der Waals surface area (Å²) in [7, 11) is 0. The minimum atomic E-state index is -0.394. The van der Waals surface area contributed by atoms with Gasteiger partial charge in [-0.05, 0) is 42.2 Å². The molecule has 2 fully saturated rings. The van der Waals surface area contributed by atoms with Gasteiger partial charge in [-0.1, -0.05) is 31.2 Å². The molecule has 5 nitrogen and oxygen atoms in total. The van der Waals surface area contributed by atoms with Crippen LogP contribution in [0.4, 0.5) is 4.79 Å². The zero-order chi connectivity index (χ0) is 16.0. The van der Waals surface area contributed by atoms with Crippen molar-refractivity contribution in [3.05, 3.63) is 35.4 Å². The number of ether oxygens (including phenoxy) is 1. The molecule has 0 radical (unpaired) electrons. The van der Waals surface area contributed by atoms with Crippen molar-refractivity contribution in [3.63, 3.8) is 0 Å². The molecule has 3 aliphatic rings. The summed E-state index contributed by atoms with van der Waals surface area (Å²) in [5.74, 6) is 0.559. The number of nitrogens with zero attached hydrogens (tertiary/aromatic N) is 1. The predicted octanol–water partition coefficient (Wildman–Crippen LogP) is 2.27. The molecule has 23 heavy (non-hydrogen) atoms. The first-order valence-corrected chi connectivity index (χ1v) is 8.44. The van der Waals surface area contributed by atoms with Crippen LogP contribution in [0.1, 0.15) is 36.9 Å². The Kier molecular flexibility index (Phi) is 3.60. The van der Waals surface area contributed by atoms with Crippen molar-refractivity contribution in [1.29, 1.82) is 0 Å². The molecule has 4 atom stereocenters. The summed E-state index contributed by atoms with van der Waals surface area (Å²) in [6.07, 6.45) is 2.57. The van der Waals surface area contributed by atoms with Crippen LogP contribution in [0.15, 0.2) is 24.3 Å². The Balaban J connectivity index is 1.57. The Hall–Kier alpha value is -1.88. The summed E-state index contributed by atoms with van der Waals surface area (Å²) < 4.78 is 5.38. The normalized spacial score (nSPS) is 33.2. The van der Waals surface area contributed by atoms with Crippen LogP contribution in [0, 0.1) is 11.8 Å². The van der Waals surface area contributed by atoms with Gasteiger partial charge in [0.1, 0.15) is 6.04 Å². The van der Waals surface area contributed by atoms with Crippen molar-refractivity contribution in [2.24, 2.45) is 11.8 Å². The van der Waals surface area contributed by atoms with Crippen molar-refractivity contribution >= 4 is 11.9 Å². The smallest absolute Gasteiger partial charge is 0.325 e. The van der Waals surface area contributed by atoms with Gasteiger partial charge < -0.3 is 10.1 Å². The van der Waals surface area contributed by atoms with Gasteiger partial charge in [-0.25, -0.2) is 4.79 Å². The van der Waals surface area contributed by atoms with Gasteiger partial charge in [-0.2, -0.15) is 0 Å². The van der Waals surface area contributed by atoms with E-state index in [0.717, 1.165) is 25.0 Å². The Morgan fingerprint density at radius 2 is 2.13 bits per heavy atom. The molecule has 4 unspecified atom stereocenters. The van der Waals surface area contributed by atoms with Crippen LogP contribution in [-0.2, 0) is 16.0 Å². The fourth-order valence-corrected chi connectivity index (χ4v) is 4.24. The van der Waals surface area contributed by atoms with E-state index < -0.39 is 6.04 Å². The van der Waals surface area contributed by atoms with Gasteiger partial charge in [0.25, 0.3) is 5.91 Å². The number of carbonyl (C=O) groups is 2. The molecule has 1 aromatic rings. The van der Waals surface area contributed by atoms with E-state index in [4.69, 9.17) is 4.74 Å². The zero-order valence-corrected chi connectivity index (χ0v) is 13.3. The van der Waals surface area contributed by atoms with E-state index in [0.29, 0.717) is 18.9 Å². The van der Waals surface area contributed by atoms with Crippen LogP contribution >= 0.6 is 0 Å². The van der Waals surface area contributed by atoms with Crippen molar-refractivity contribution in [2.75, 3.05) is 13.2 Å². The number of fused-ring (bicyclic) bond motifs is 1. The van der Waals surface area contributed by atoms with Crippen molar-refractivity contribution < 1.29 is 14.3 Å². The number of amides is 3. The van der Waals surface area contributed by atoms with Crippen LogP contribution < -0.4 is 5.32 Å². The maximum atomic E-state index is 12.8. The monoisotopic (exact) mass is 314 g/mol. The van der Waals surface area contributed by atoms with E-state index in [1.165, 1.54) is 10.5 Å². The van der Waals surface area contributed by atoms with E-state index in [1.807, 2.05) is 18.2 Å². The molecule has 4 rings (SSSR count). The molecule has 0 bridgehead atoms. The van der Waals surface area contributed by atoms with Gasteiger partial charge in [0.2, 0.25) is 0 Å². The number of hydrogen-bond acceptors (Lipinski definition) is 3. The highest BCUT2D eigenvalue weighted by molar-refractivity contribution is 6.04. The fourth-order valence-electron chi connectivity index (χ4n) is 4.24. The van der Waals surface area contributed by atoms with E-state index in [2.05, 4.69) is 18.3 Å². The number of imide groups is 1. The van der Waals surface area contributed by atoms with Crippen LogP contribution in [0.3, 0.4) is 0 Å². The Bertz CT molecular complexity index is 639. The third-order valence-electron chi connectivity index (χ3n) is 5.38. The molecule has 0 spiro atoms. The molecule has 1 N–H and O–H groups in total. The first kappa shape index (κ1) is 14.7. The quantitative estimate of drug-likeness (QED) is 0.871. The Morgan fingerprint density at radius 1 is 1.30 bits per heavy atom. The van der Waals surface area contributed by atoms with Crippen LogP contribution in [0.25, 0.3) is 0 Å². The lowest BCUT2D eigenvalue weighted by Gasteiger charge is -2.26. The average molecular weight is 314 g/mol. The highest BCUT2D eigenvalue weighted by Gasteiger charge is 2.47. The number of benzene rings is 1. The molecule has 2 heterocycles. The lowest BCUT2D eigenvalue weighted by molar-refractivity contribution is -0.130. The summed E-state index contributed by atoms with van der Waals surface area (Å²) in [5, 5.41) is 2.89. The topological polar surface area (TPSA) is 58.6 Å². The van der Waals surface area contributed by atoms with Crippen LogP contribution in [-0.4, -0.2) is 36.1 Å². The molecule has 5 heteroatoms. The lowest BCUT2D eigenvalue weighted by atomic mass is 9.97. The maximum Gasteiger partial charge on any atom is 0.325 e. The van der Waals surface area contributed by atoms with E-state index in [1.54, 1.807) is 0 Å². The molecule has 3 amide bonds. The Morgan fingerprint density at radius 3 is 2.91 bits per heavy atom. The van der Waals surface area contributed by atoms with Gasteiger partial charge in [-0.3, -0.25) is 9.69 Å². The lowest BCUT2D eigenvalue weighted by Crippen LogP contribution is -2.37. The molecule has 1 aromatic carbocycles. The second kappa shape index (κ2) is 5.64. The second-order valence-electron chi connectivity index (χ2n) is 7.00. The molecular weight excluding hydrogens is 292 g/mol. The summed E-state index contributed by atoms with van der Waals surface area (Å²) in [4.78, 5) is 26.8. The number of hydrogen-bond donors (Lipinski definition) is 1. The fraction of sp³-hybridized carbons (Fsp3) is 0.556. The molecule has 1 aliphatic carbocycles. The summed E-state index contributed by atoms with van der Waals surface area (Å²) in [6.45, 7) is 3.57. The minimum absolute atomic E-state index is 0.0737. The first-order valence-electron chi connectivity index (χ1n) is 8.44. The van der Waals surface area contributed by atoms with Crippen LogP contribution in [0.5, 0.6) is 0 Å². The van der Waals surface area contributed by atoms with Gasteiger partial charge in [0.05, 0.1) is 6.04 Å². The molecule has 0 saturated carbocycles. The summed E-state index contributed by atoms with van der Waals surface area (Å²) >= 11 is 0. The highest BCUT2D eigenvalue weighted by Crippen LogP contribution is 2.41. The largest absolute Gasteiger partial charge is 0.381 e. The number of urea groups is 1. The molecule has 122 valence electrons. The molecule has 2 aliphatic heterocycles. The predicted molar refractivity (Wildman–Crippen MR) is 84.8 cm³/mol. The molecule has 0 aromatic heterocycles. The Labute approximate surface area is 136 Å². The minimum Gasteiger partial charge on any atom is -0.381 e. The van der Waals surface area contributed by atoms with Gasteiger partial charge in [-0.15, -0.1) is 0 Å². The third kappa shape index (κ3) is 2.43. The van der Waals surface area contributed by atoms with E-state index in [9.17, 15) is 9.59 Å². The van der Waals surface area contributed by atoms with Gasteiger partial charge in [0.15, 0.2) is 0 Å². The number of rotatable bonds is 3. The van der Waals surface area contributed by atoms with Gasteiger partial charge in [0, 0.05) is 13.2 Å². The summed E-state index contributed by atoms with van der Waals surface area (Å²) in [6, 6.07) is 7.36. The number of nitrogens with one attached hydrogen (secondary N) is 1. The average Bonchev–Trinajstić information content (AvgIpc) is 3.20. The molecular formula is C18H22N2O3. The van der Waals surface area contributed by atoms with E-state index >= 15 is 0 Å². The second-order valence-corrected chi connectivity index (χ2v) is 7.00. The zero-order valence-electron chi connectivity index (χ0n) is 13.3. The third-order valence-corrected chi connectivity index (χ3v) is 5.38. The maximum absolute atomic E-state index is 12.8. The molecule has 2 saturated heterocycles. The van der Waals surface area contributed by atoms with Crippen molar-refractivity contribution in [3.8, 4) is 0 Å². The first-order chi connectivity index (χ1) is 11.1. The standard InChI is InChI=1S/C18H22N2O3/c1-11-8-13-4-2-3-5-14(13)16(11)20-17(21)15(19-18(20)22)9-12-6-7-23-10-12/h2-5,11-12,15-16H,6-10H2,1H3,(H,19,22). The summed E-state index contributed by atoms with van der Waals surface area (Å²) in [5.41, 5.74) is 2.37. The number of carbonyl (C=O) groups excluding carboxylic acids is 2. The van der Waals surface area contributed by atoms with Gasteiger partial charge >= 0.3 is 6.03 Å². The van der Waals surface area contributed by atoms with Crippen LogP contribution in [0.2, 0.25) is 0 Å². The highest BCUT2D eigenvalue weighted by atomic mass is 16.5.